The number of hydrogen-bond donors (Lipinski definition) is 1. The van der Waals surface area contributed by atoms with Crippen molar-refractivity contribution in [2.45, 2.75) is 52.7 Å². The Morgan fingerprint density at radius 2 is 1.84 bits per heavy atom. The molecule has 3 aromatic rings. The lowest BCUT2D eigenvalue weighted by molar-refractivity contribution is -0.133. The first-order valence-electron chi connectivity index (χ1n) is 11.0. The van der Waals surface area contributed by atoms with Crippen LogP contribution in [0.5, 0.6) is 0 Å². The van der Waals surface area contributed by atoms with Crippen molar-refractivity contribution in [3.05, 3.63) is 71.4 Å². The number of rotatable bonds is 6. The van der Waals surface area contributed by atoms with Gasteiger partial charge in [-0.3, -0.25) is 9.59 Å². The van der Waals surface area contributed by atoms with Crippen molar-refractivity contribution < 1.29 is 9.59 Å². The first-order chi connectivity index (χ1) is 14.8. The number of benzene rings is 2. The van der Waals surface area contributed by atoms with Crippen LogP contribution in [-0.4, -0.2) is 33.4 Å². The topological polar surface area (TPSA) is 54.3 Å². The van der Waals surface area contributed by atoms with Crippen LogP contribution in [0.1, 0.15) is 48.8 Å². The molecule has 162 valence electrons. The van der Waals surface area contributed by atoms with Crippen molar-refractivity contribution in [2.24, 2.45) is 5.92 Å². The van der Waals surface area contributed by atoms with E-state index in [9.17, 15) is 9.59 Å². The number of aromatic nitrogens is 1. The van der Waals surface area contributed by atoms with Crippen molar-refractivity contribution in [1.82, 2.24) is 14.8 Å². The van der Waals surface area contributed by atoms with Gasteiger partial charge in [-0.25, -0.2) is 0 Å². The maximum Gasteiger partial charge on any atom is 0.271 e. The molecule has 1 aromatic heterocycles. The summed E-state index contributed by atoms with van der Waals surface area (Å²) in [5.74, 6) is 0.298. The Morgan fingerprint density at radius 3 is 2.55 bits per heavy atom. The summed E-state index contributed by atoms with van der Waals surface area (Å²) in [6, 6.07) is 18.1. The standard InChI is InChI=1S/C26H31N3O2/c1-18(2)13-14-27-25(31)26(4)17-28-22-8-6-5-7-21(22)15-23(28)24(30)29(26)16-20-11-9-19(3)10-12-20/h5-12,15,18H,13-14,16-17H2,1-4H3,(H,27,31)/t26-/m1/s1. The van der Waals surface area contributed by atoms with E-state index >= 15 is 0 Å². The van der Waals surface area contributed by atoms with Crippen molar-refractivity contribution >= 4 is 22.7 Å². The summed E-state index contributed by atoms with van der Waals surface area (Å²) in [5.41, 5.74) is 2.84. The average Bonchev–Trinajstić information content (AvgIpc) is 3.10. The number of nitrogens with zero attached hydrogens (tertiary/aromatic N) is 2. The second-order valence-electron chi connectivity index (χ2n) is 9.26. The molecule has 0 radical (unpaired) electrons. The Hall–Kier alpha value is -3.08. The van der Waals surface area contributed by atoms with Crippen molar-refractivity contribution in [3.63, 3.8) is 0 Å². The molecule has 0 fully saturated rings. The smallest absolute Gasteiger partial charge is 0.271 e. The van der Waals surface area contributed by atoms with Crippen LogP contribution in [0.15, 0.2) is 54.6 Å². The van der Waals surface area contributed by atoms with E-state index in [1.54, 1.807) is 4.90 Å². The number of fused-ring (bicyclic) bond motifs is 3. The van der Waals surface area contributed by atoms with Gasteiger partial charge >= 0.3 is 0 Å². The Morgan fingerprint density at radius 1 is 1.13 bits per heavy atom. The first kappa shape index (κ1) is 21.2. The molecule has 2 aromatic carbocycles. The largest absolute Gasteiger partial charge is 0.354 e. The summed E-state index contributed by atoms with van der Waals surface area (Å²) in [5, 5.41) is 4.11. The number of amides is 2. The summed E-state index contributed by atoms with van der Waals surface area (Å²) >= 11 is 0. The van der Waals surface area contributed by atoms with Crippen LogP contribution in [0.4, 0.5) is 0 Å². The quantitative estimate of drug-likeness (QED) is 0.641. The Labute approximate surface area is 184 Å². The minimum absolute atomic E-state index is 0.1000. The highest BCUT2D eigenvalue weighted by Gasteiger charge is 2.47. The van der Waals surface area contributed by atoms with Crippen LogP contribution in [-0.2, 0) is 17.9 Å². The first-order valence-corrected chi connectivity index (χ1v) is 11.0. The van der Waals surface area contributed by atoms with E-state index < -0.39 is 5.54 Å². The lowest BCUT2D eigenvalue weighted by Crippen LogP contribution is -2.63. The minimum atomic E-state index is -0.978. The lowest BCUT2D eigenvalue weighted by atomic mass is 9.93. The van der Waals surface area contributed by atoms with Gasteiger partial charge in [-0.1, -0.05) is 61.9 Å². The fourth-order valence-electron chi connectivity index (χ4n) is 4.30. The molecule has 0 bridgehead atoms. The highest BCUT2D eigenvalue weighted by atomic mass is 16.2. The van der Waals surface area contributed by atoms with E-state index in [2.05, 4.69) is 19.2 Å². The number of nitrogens with one attached hydrogen (secondary N) is 1. The molecule has 5 heteroatoms. The normalized spacial score (nSPS) is 18.5. The fraction of sp³-hybridized carbons (Fsp3) is 0.385. The van der Waals surface area contributed by atoms with Gasteiger partial charge in [0.1, 0.15) is 11.2 Å². The van der Waals surface area contributed by atoms with Gasteiger partial charge in [-0.05, 0) is 43.9 Å². The molecule has 2 heterocycles. The molecule has 31 heavy (non-hydrogen) atoms. The van der Waals surface area contributed by atoms with E-state index in [0.29, 0.717) is 31.2 Å². The zero-order chi connectivity index (χ0) is 22.2. The van der Waals surface area contributed by atoms with Crippen LogP contribution in [0, 0.1) is 12.8 Å². The molecule has 0 saturated heterocycles. The second-order valence-corrected chi connectivity index (χ2v) is 9.26. The monoisotopic (exact) mass is 417 g/mol. The van der Waals surface area contributed by atoms with Gasteiger partial charge in [0.15, 0.2) is 0 Å². The van der Waals surface area contributed by atoms with E-state index in [1.807, 2.05) is 73.0 Å². The Kier molecular flexibility index (Phi) is 5.61. The molecule has 0 unspecified atom stereocenters. The van der Waals surface area contributed by atoms with Gasteiger partial charge in [0.2, 0.25) is 5.91 Å². The van der Waals surface area contributed by atoms with Gasteiger partial charge in [0.05, 0.1) is 6.54 Å². The van der Waals surface area contributed by atoms with Gasteiger partial charge in [0, 0.05) is 24.0 Å². The number of carbonyl (C=O) groups excluding carboxylic acids is 2. The van der Waals surface area contributed by atoms with E-state index in [0.717, 1.165) is 22.9 Å². The molecular weight excluding hydrogens is 386 g/mol. The lowest BCUT2D eigenvalue weighted by Gasteiger charge is -2.44. The molecule has 1 aliphatic rings. The summed E-state index contributed by atoms with van der Waals surface area (Å²) in [7, 11) is 0. The molecule has 0 saturated carbocycles. The number of carbonyl (C=O) groups is 2. The van der Waals surface area contributed by atoms with E-state index in [1.165, 1.54) is 5.56 Å². The fourth-order valence-corrected chi connectivity index (χ4v) is 4.30. The molecular formula is C26H31N3O2. The molecule has 1 N–H and O–H groups in total. The highest BCUT2D eigenvalue weighted by molar-refractivity contribution is 6.03. The summed E-state index contributed by atoms with van der Waals surface area (Å²) in [6.07, 6.45) is 0.908. The summed E-state index contributed by atoms with van der Waals surface area (Å²) in [6.45, 7) is 9.65. The van der Waals surface area contributed by atoms with Crippen molar-refractivity contribution in [3.8, 4) is 0 Å². The molecule has 0 spiro atoms. The summed E-state index contributed by atoms with van der Waals surface area (Å²) < 4.78 is 2.01. The molecule has 1 atom stereocenters. The zero-order valence-corrected chi connectivity index (χ0v) is 18.8. The molecule has 5 nitrogen and oxygen atoms in total. The predicted octanol–water partition coefficient (Wildman–Crippen LogP) is 4.53. The Bertz CT molecular complexity index is 1110. The molecule has 0 aliphatic carbocycles. The Balaban J connectivity index is 1.73. The van der Waals surface area contributed by atoms with Crippen molar-refractivity contribution in [2.75, 3.05) is 6.54 Å². The summed E-state index contributed by atoms with van der Waals surface area (Å²) in [4.78, 5) is 28.9. The SMILES string of the molecule is Cc1ccc(CN2C(=O)c3cc4ccccc4n3C[C@]2(C)C(=O)NCCC(C)C)cc1. The van der Waals surface area contributed by atoms with E-state index in [4.69, 9.17) is 0 Å². The zero-order valence-electron chi connectivity index (χ0n) is 18.8. The highest BCUT2D eigenvalue weighted by Crippen LogP contribution is 2.33. The third-order valence-electron chi connectivity index (χ3n) is 6.29. The van der Waals surface area contributed by atoms with Gasteiger partial charge in [-0.15, -0.1) is 0 Å². The maximum absolute atomic E-state index is 13.7. The maximum atomic E-state index is 13.7. The number of para-hydroxylation sites is 1. The van der Waals surface area contributed by atoms with Crippen LogP contribution in [0.3, 0.4) is 0 Å². The van der Waals surface area contributed by atoms with Gasteiger partial charge in [-0.2, -0.15) is 0 Å². The minimum Gasteiger partial charge on any atom is -0.354 e. The van der Waals surface area contributed by atoms with Crippen LogP contribution in [0.25, 0.3) is 10.9 Å². The molecule has 2 amide bonds. The molecule has 4 rings (SSSR count). The predicted molar refractivity (Wildman–Crippen MR) is 124 cm³/mol. The average molecular weight is 418 g/mol. The van der Waals surface area contributed by atoms with Crippen LogP contribution >= 0.6 is 0 Å². The van der Waals surface area contributed by atoms with Crippen LogP contribution in [0.2, 0.25) is 0 Å². The van der Waals surface area contributed by atoms with Crippen LogP contribution < -0.4 is 5.32 Å². The third kappa shape index (κ3) is 3.97. The molecule has 1 aliphatic heterocycles. The third-order valence-corrected chi connectivity index (χ3v) is 6.29. The van der Waals surface area contributed by atoms with E-state index in [-0.39, 0.29) is 11.8 Å². The van der Waals surface area contributed by atoms with Gasteiger partial charge < -0.3 is 14.8 Å². The van der Waals surface area contributed by atoms with Crippen molar-refractivity contribution in [1.29, 1.82) is 0 Å². The van der Waals surface area contributed by atoms with Gasteiger partial charge in [0.25, 0.3) is 5.91 Å². The number of hydrogen-bond acceptors (Lipinski definition) is 2. The number of aryl methyl sites for hydroxylation is 1. The second kappa shape index (κ2) is 8.22.